The smallest absolute Gasteiger partial charge is 0.292 e. The van der Waals surface area contributed by atoms with Gasteiger partial charge >= 0.3 is 0 Å². The van der Waals surface area contributed by atoms with Crippen molar-refractivity contribution < 1.29 is 18.8 Å². The third-order valence-corrected chi connectivity index (χ3v) is 5.18. The molecule has 2 aliphatic heterocycles. The number of aromatic nitrogens is 2. The van der Waals surface area contributed by atoms with Gasteiger partial charge in [0.25, 0.3) is 11.7 Å². The van der Waals surface area contributed by atoms with E-state index in [0.717, 1.165) is 43.9 Å². The molecule has 27 heavy (non-hydrogen) atoms. The lowest BCUT2D eigenvalue weighted by Crippen LogP contribution is -2.42. The number of carbonyl (C=O) groups is 1. The van der Waals surface area contributed by atoms with E-state index in [4.69, 9.17) is 14.0 Å². The molecule has 2 aliphatic rings. The second-order valence-corrected chi connectivity index (χ2v) is 7.58. The van der Waals surface area contributed by atoms with Gasteiger partial charge in [-0.15, -0.1) is 0 Å². The summed E-state index contributed by atoms with van der Waals surface area (Å²) in [5.41, 5.74) is 1.40. The number of nitrogens with one attached hydrogen (secondary N) is 1. The highest BCUT2D eigenvalue weighted by atomic mass is 16.7. The van der Waals surface area contributed by atoms with E-state index in [1.54, 1.807) is 7.05 Å². The molecule has 1 amide bonds. The Morgan fingerprint density at radius 3 is 3.04 bits per heavy atom. The van der Waals surface area contributed by atoms with E-state index in [9.17, 15) is 4.79 Å². The molecule has 0 radical (unpaired) electrons. The Kier molecular flexibility index (Phi) is 4.73. The average Bonchev–Trinajstić information content (AvgIpc) is 3.29. The molecule has 1 fully saturated rings. The minimum absolute atomic E-state index is 0.0765. The van der Waals surface area contributed by atoms with E-state index in [0.29, 0.717) is 19.2 Å². The van der Waals surface area contributed by atoms with Crippen molar-refractivity contribution >= 4 is 5.91 Å². The number of rotatable bonds is 5. The zero-order valence-corrected chi connectivity index (χ0v) is 15.7. The van der Waals surface area contributed by atoms with Crippen LogP contribution >= 0.6 is 0 Å². The third-order valence-electron chi connectivity index (χ3n) is 5.18. The molecule has 0 unspecified atom stereocenters. The summed E-state index contributed by atoms with van der Waals surface area (Å²) in [6.45, 7) is 5.08. The van der Waals surface area contributed by atoms with E-state index in [1.807, 2.05) is 6.07 Å². The first-order valence-electron chi connectivity index (χ1n) is 9.20. The van der Waals surface area contributed by atoms with E-state index in [2.05, 4.69) is 39.4 Å². The standard InChI is InChI=1S/C19H24N4O4/c1-19(9-13-4-5-14-15(8-13)26-12-25-14)6-3-7-23(11-19)10-16-21-17(22-27-16)18(24)20-2/h4-5,8H,3,6-7,9-12H2,1-2H3,(H,20,24)/t19-/m1/s1. The molecule has 1 atom stereocenters. The van der Waals surface area contributed by atoms with Crippen molar-refractivity contribution in [2.45, 2.75) is 32.7 Å². The summed E-state index contributed by atoms with van der Waals surface area (Å²) in [6.07, 6.45) is 3.23. The molecule has 2 aromatic rings. The van der Waals surface area contributed by atoms with Gasteiger partial charge in [-0.1, -0.05) is 18.1 Å². The van der Waals surface area contributed by atoms with Crippen LogP contribution < -0.4 is 14.8 Å². The molecule has 8 nitrogen and oxygen atoms in total. The van der Waals surface area contributed by atoms with Crippen molar-refractivity contribution in [1.82, 2.24) is 20.4 Å². The number of ether oxygens (including phenoxy) is 2. The highest BCUT2D eigenvalue weighted by Crippen LogP contribution is 2.37. The quantitative estimate of drug-likeness (QED) is 0.858. The first kappa shape index (κ1) is 17.8. The van der Waals surface area contributed by atoms with Crippen LogP contribution in [-0.4, -0.2) is 47.9 Å². The molecule has 0 spiro atoms. The fourth-order valence-electron chi connectivity index (χ4n) is 3.96. The van der Waals surface area contributed by atoms with Crippen LogP contribution in [0, 0.1) is 5.41 Å². The number of fused-ring (bicyclic) bond motifs is 1. The van der Waals surface area contributed by atoms with Gasteiger partial charge in [0.2, 0.25) is 12.7 Å². The van der Waals surface area contributed by atoms with Gasteiger partial charge in [0, 0.05) is 13.6 Å². The zero-order valence-electron chi connectivity index (χ0n) is 15.7. The number of piperidine rings is 1. The molecular weight excluding hydrogens is 348 g/mol. The van der Waals surface area contributed by atoms with Crippen LogP contribution in [0.4, 0.5) is 0 Å². The molecule has 4 rings (SSSR count). The minimum atomic E-state index is -0.337. The number of hydrogen-bond donors (Lipinski definition) is 1. The van der Waals surface area contributed by atoms with Crippen molar-refractivity contribution in [1.29, 1.82) is 0 Å². The number of hydrogen-bond acceptors (Lipinski definition) is 7. The summed E-state index contributed by atoms with van der Waals surface area (Å²) in [5, 5.41) is 6.24. The topological polar surface area (TPSA) is 89.7 Å². The molecule has 0 bridgehead atoms. The third kappa shape index (κ3) is 3.90. The molecule has 1 saturated heterocycles. The van der Waals surface area contributed by atoms with Gasteiger partial charge in [0.1, 0.15) is 0 Å². The van der Waals surface area contributed by atoms with Gasteiger partial charge in [-0.2, -0.15) is 4.98 Å². The largest absolute Gasteiger partial charge is 0.454 e. The van der Waals surface area contributed by atoms with Gasteiger partial charge in [0.15, 0.2) is 11.5 Å². The number of carbonyl (C=O) groups excluding carboxylic acids is 1. The molecule has 8 heteroatoms. The summed E-state index contributed by atoms with van der Waals surface area (Å²) in [7, 11) is 1.55. The van der Waals surface area contributed by atoms with Gasteiger partial charge in [-0.25, -0.2) is 0 Å². The molecule has 1 aromatic carbocycles. The molecule has 3 heterocycles. The SMILES string of the molecule is CNC(=O)c1noc(CN2CCC[C@](C)(Cc3ccc4c(c3)OCO4)C2)n1. The Labute approximate surface area is 157 Å². The van der Waals surface area contributed by atoms with E-state index >= 15 is 0 Å². The van der Waals surface area contributed by atoms with Gasteiger partial charge in [-0.3, -0.25) is 9.69 Å². The molecular formula is C19H24N4O4. The maximum absolute atomic E-state index is 11.6. The minimum Gasteiger partial charge on any atom is -0.454 e. The van der Waals surface area contributed by atoms with Gasteiger partial charge in [-0.05, 0) is 48.9 Å². The van der Waals surface area contributed by atoms with E-state index in [1.165, 1.54) is 5.56 Å². The Hall–Kier alpha value is -2.61. The Balaban J connectivity index is 1.41. The Bertz CT molecular complexity index is 837. The van der Waals surface area contributed by atoms with Gasteiger partial charge < -0.3 is 19.3 Å². The zero-order chi connectivity index (χ0) is 18.9. The second-order valence-electron chi connectivity index (χ2n) is 7.58. The lowest BCUT2D eigenvalue weighted by molar-refractivity contribution is 0.0876. The maximum atomic E-state index is 11.6. The summed E-state index contributed by atoms with van der Waals surface area (Å²) in [5.74, 6) is 1.86. The van der Waals surface area contributed by atoms with Crippen LogP contribution in [0.2, 0.25) is 0 Å². The first-order valence-corrected chi connectivity index (χ1v) is 9.20. The molecule has 144 valence electrons. The van der Waals surface area contributed by atoms with Crippen molar-refractivity contribution in [3.63, 3.8) is 0 Å². The number of likely N-dealkylation sites (tertiary alicyclic amines) is 1. The lowest BCUT2D eigenvalue weighted by atomic mass is 9.77. The van der Waals surface area contributed by atoms with Crippen molar-refractivity contribution in [3.8, 4) is 11.5 Å². The molecule has 1 aromatic heterocycles. The van der Waals surface area contributed by atoms with Crippen LogP contribution in [0.5, 0.6) is 11.5 Å². The molecule has 1 N–H and O–H groups in total. The van der Waals surface area contributed by atoms with Crippen molar-refractivity contribution in [2.24, 2.45) is 5.41 Å². The fraction of sp³-hybridized carbons (Fsp3) is 0.526. The fourth-order valence-corrected chi connectivity index (χ4v) is 3.96. The van der Waals surface area contributed by atoms with Crippen LogP contribution in [0.3, 0.4) is 0 Å². The molecule has 0 aliphatic carbocycles. The number of benzene rings is 1. The normalized spacial score (nSPS) is 22.0. The van der Waals surface area contributed by atoms with Crippen molar-refractivity contribution in [3.05, 3.63) is 35.5 Å². The van der Waals surface area contributed by atoms with E-state index < -0.39 is 0 Å². The predicted octanol–water partition coefficient (Wildman–Crippen LogP) is 2.00. The Morgan fingerprint density at radius 1 is 1.33 bits per heavy atom. The monoisotopic (exact) mass is 372 g/mol. The summed E-state index contributed by atoms with van der Waals surface area (Å²) in [6, 6.07) is 6.19. The average molecular weight is 372 g/mol. The first-order chi connectivity index (χ1) is 13.0. The molecule has 0 saturated carbocycles. The van der Waals surface area contributed by atoms with Crippen LogP contribution in [0.25, 0.3) is 0 Å². The number of amides is 1. The predicted molar refractivity (Wildman–Crippen MR) is 96.6 cm³/mol. The van der Waals surface area contributed by atoms with Gasteiger partial charge in [0.05, 0.1) is 6.54 Å². The number of nitrogens with zero attached hydrogens (tertiary/aromatic N) is 3. The summed E-state index contributed by atoms with van der Waals surface area (Å²) in [4.78, 5) is 18.1. The van der Waals surface area contributed by atoms with Crippen LogP contribution in [0.15, 0.2) is 22.7 Å². The second kappa shape index (κ2) is 7.19. The van der Waals surface area contributed by atoms with Crippen molar-refractivity contribution in [2.75, 3.05) is 26.9 Å². The van der Waals surface area contributed by atoms with E-state index in [-0.39, 0.29) is 17.1 Å². The summed E-state index contributed by atoms with van der Waals surface area (Å²) < 4.78 is 16.1. The highest BCUT2D eigenvalue weighted by Gasteiger charge is 2.32. The lowest BCUT2D eigenvalue weighted by Gasteiger charge is -2.40. The maximum Gasteiger partial charge on any atom is 0.292 e. The highest BCUT2D eigenvalue weighted by molar-refractivity contribution is 5.89. The Morgan fingerprint density at radius 2 is 2.19 bits per heavy atom. The summed E-state index contributed by atoms with van der Waals surface area (Å²) >= 11 is 0. The van der Waals surface area contributed by atoms with Crippen LogP contribution in [-0.2, 0) is 13.0 Å². The van der Waals surface area contributed by atoms with Crippen LogP contribution in [0.1, 0.15) is 41.8 Å².